The normalized spacial score (nSPS) is 47.2. The lowest BCUT2D eigenvalue weighted by Gasteiger charge is -2.48. The summed E-state index contributed by atoms with van der Waals surface area (Å²) in [6.07, 6.45) is -2.44. The first-order valence-electron chi connectivity index (χ1n) is 4.16. The van der Waals surface area contributed by atoms with Gasteiger partial charge in [0.1, 0.15) is 5.92 Å². The fraction of sp³-hybridized carbons (Fsp3) is 1.00. The monoisotopic (exact) mass is 252 g/mol. The van der Waals surface area contributed by atoms with Gasteiger partial charge in [-0.2, -0.15) is 26.3 Å². The van der Waals surface area contributed by atoms with E-state index in [1.807, 2.05) is 0 Å². The van der Waals surface area contributed by atoms with Crippen molar-refractivity contribution in [2.24, 2.45) is 5.92 Å². The number of fused-ring (bicyclic) bond motifs is 1. The molecule has 3 unspecified atom stereocenters. The zero-order valence-electron chi connectivity index (χ0n) is 7.43. The fourth-order valence-corrected chi connectivity index (χ4v) is 2.16. The Morgan fingerprint density at radius 1 is 1.00 bits per heavy atom. The first-order chi connectivity index (χ1) is 7.06. The minimum Gasteiger partial charge on any atom is -0.393 e. The second kappa shape index (κ2) is 2.65. The topological polar surface area (TPSA) is 49.7 Å². The maximum absolute atomic E-state index is 13.1. The summed E-state index contributed by atoms with van der Waals surface area (Å²) in [6, 6.07) is 0. The van der Waals surface area contributed by atoms with Gasteiger partial charge in [0, 0.05) is 0 Å². The van der Waals surface area contributed by atoms with Crippen molar-refractivity contribution < 1.29 is 41.3 Å². The molecule has 0 aromatic heterocycles. The van der Waals surface area contributed by atoms with E-state index in [1.165, 1.54) is 0 Å². The third-order valence-corrected chi connectivity index (χ3v) is 3.09. The summed E-state index contributed by atoms with van der Waals surface area (Å²) in [6.45, 7) is -1.73. The van der Waals surface area contributed by atoms with Crippen LogP contribution in [0.3, 0.4) is 0 Å². The lowest BCUT2D eigenvalue weighted by molar-refractivity contribution is -0.400. The molecule has 3 atom stereocenters. The van der Waals surface area contributed by atoms with Crippen LogP contribution in [0.4, 0.5) is 26.3 Å². The van der Waals surface area contributed by atoms with Crippen LogP contribution in [0.2, 0.25) is 0 Å². The maximum Gasteiger partial charge on any atom is 0.375 e. The molecule has 3 nitrogen and oxygen atoms in total. The lowest BCUT2D eigenvalue weighted by Crippen LogP contribution is -2.69. The first kappa shape index (κ1) is 11.9. The molecule has 2 N–H and O–H groups in total. The largest absolute Gasteiger partial charge is 0.393 e. The number of hydrogen-bond donors (Lipinski definition) is 2. The Hall–Kier alpha value is -0.540. The molecule has 1 heterocycles. The van der Waals surface area contributed by atoms with Crippen LogP contribution in [0.5, 0.6) is 0 Å². The van der Waals surface area contributed by atoms with Crippen molar-refractivity contribution >= 4 is 0 Å². The molecule has 0 aromatic carbocycles. The van der Waals surface area contributed by atoms with Gasteiger partial charge in [0.05, 0.1) is 6.61 Å². The molecule has 94 valence electrons. The maximum atomic E-state index is 13.1. The summed E-state index contributed by atoms with van der Waals surface area (Å²) < 4.78 is 81.8. The lowest BCUT2D eigenvalue weighted by atomic mass is 9.82. The van der Waals surface area contributed by atoms with Gasteiger partial charge in [-0.15, -0.1) is 0 Å². The summed E-state index contributed by atoms with van der Waals surface area (Å²) in [7, 11) is 0. The summed E-state index contributed by atoms with van der Waals surface area (Å²) in [5.41, 5.74) is -3.42. The quantitative estimate of drug-likeness (QED) is 0.672. The van der Waals surface area contributed by atoms with Gasteiger partial charge in [0.25, 0.3) is 0 Å². The molecule has 1 aliphatic carbocycles. The second-order valence-electron chi connectivity index (χ2n) is 3.81. The molecule has 2 aliphatic rings. The second-order valence-corrected chi connectivity index (χ2v) is 3.81. The van der Waals surface area contributed by atoms with Crippen LogP contribution in [-0.4, -0.2) is 46.5 Å². The Morgan fingerprint density at radius 2 is 1.50 bits per heavy atom. The number of aliphatic hydroxyl groups is 2. The van der Waals surface area contributed by atoms with E-state index in [1.54, 1.807) is 0 Å². The minimum absolute atomic E-state index is 1.73. The Labute approximate surface area is 84.6 Å². The molecule has 0 radical (unpaired) electrons. The number of halogens is 6. The van der Waals surface area contributed by atoms with Crippen LogP contribution < -0.4 is 0 Å². The Morgan fingerprint density at radius 3 is 1.81 bits per heavy atom. The highest BCUT2D eigenvalue weighted by molar-refractivity contribution is 5.26. The van der Waals surface area contributed by atoms with Gasteiger partial charge in [-0.3, -0.25) is 0 Å². The van der Waals surface area contributed by atoms with E-state index in [9.17, 15) is 26.3 Å². The third-order valence-electron chi connectivity index (χ3n) is 3.09. The number of aliphatic hydroxyl groups excluding tert-OH is 2. The predicted molar refractivity (Wildman–Crippen MR) is 35.2 cm³/mol. The predicted octanol–water partition coefficient (Wildman–Crippen LogP) is 0.602. The third kappa shape index (κ3) is 0.821. The van der Waals surface area contributed by atoms with Gasteiger partial charge in [0.2, 0.25) is 0 Å². The molecule has 2 rings (SSSR count). The van der Waals surface area contributed by atoms with E-state index in [0.717, 1.165) is 0 Å². The van der Waals surface area contributed by atoms with Crippen LogP contribution >= 0.6 is 0 Å². The van der Waals surface area contributed by atoms with E-state index in [2.05, 4.69) is 4.74 Å². The zero-order valence-corrected chi connectivity index (χ0v) is 7.43. The number of ether oxygens (including phenoxy) is 1. The Bertz CT molecular complexity index is 332. The van der Waals surface area contributed by atoms with Crippen molar-refractivity contribution in [2.75, 3.05) is 6.61 Å². The first-order valence-corrected chi connectivity index (χ1v) is 4.16. The molecule has 1 saturated heterocycles. The van der Waals surface area contributed by atoms with Crippen molar-refractivity contribution in [1.29, 1.82) is 0 Å². The summed E-state index contributed by atoms with van der Waals surface area (Å²) >= 11 is 0. The van der Waals surface area contributed by atoms with Crippen LogP contribution in [0.25, 0.3) is 0 Å². The highest BCUT2D eigenvalue weighted by Crippen LogP contribution is 2.70. The average Bonchev–Trinajstić information content (AvgIpc) is 2.17. The molecule has 0 aromatic rings. The summed E-state index contributed by atoms with van der Waals surface area (Å²) in [5, 5.41) is 17.3. The molecule has 0 bridgehead atoms. The zero-order chi connectivity index (χ0) is 12.6. The summed E-state index contributed by atoms with van der Waals surface area (Å²) in [4.78, 5) is 0. The van der Waals surface area contributed by atoms with Gasteiger partial charge < -0.3 is 14.9 Å². The van der Waals surface area contributed by atoms with Crippen molar-refractivity contribution in [2.45, 2.75) is 29.7 Å². The van der Waals surface area contributed by atoms with Crippen LogP contribution in [-0.2, 0) is 4.74 Å². The summed E-state index contributed by atoms with van der Waals surface area (Å²) in [5.74, 6) is -18.9. The average molecular weight is 252 g/mol. The van der Waals surface area contributed by atoms with Crippen LogP contribution in [0.15, 0.2) is 0 Å². The van der Waals surface area contributed by atoms with Gasteiger partial charge in [-0.05, 0) is 0 Å². The van der Waals surface area contributed by atoms with Gasteiger partial charge in [-0.25, -0.2) is 0 Å². The standard InChI is InChI=1S/C7H6F6O3/c8-5(9)2-3(15)16-4(2,1-14)6(10,11)7(5,12)13/h2-3,14-15H,1H2. The van der Waals surface area contributed by atoms with Gasteiger partial charge >= 0.3 is 17.8 Å². The van der Waals surface area contributed by atoms with Crippen molar-refractivity contribution in [3.63, 3.8) is 0 Å². The van der Waals surface area contributed by atoms with Crippen LogP contribution in [0.1, 0.15) is 0 Å². The van der Waals surface area contributed by atoms with Crippen molar-refractivity contribution in [3.05, 3.63) is 0 Å². The number of rotatable bonds is 1. The number of hydrogen-bond acceptors (Lipinski definition) is 3. The molecule has 1 aliphatic heterocycles. The van der Waals surface area contributed by atoms with Crippen molar-refractivity contribution in [1.82, 2.24) is 0 Å². The number of alkyl halides is 6. The molecular weight excluding hydrogens is 246 g/mol. The van der Waals surface area contributed by atoms with E-state index in [0.29, 0.717) is 0 Å². The molecule has 16 heavy (non-hydrogen) atoms. The Kier molecular flexibility index (Phi) is 1.97. The Balaban J connectivity index is 2.59. The smallest absolute Gasteiger partial charge is 0.375 e. The van der Waals surface area contributed by atoms with E-state index in [-0.39, 0.29) is 0 Å². The molecule has 9 heteroatoms. The molecule has 2 fully saturated rings. The molecular formula is C7H6F6O3. The van der Waals surface area contributed by atoms with Crippen molar-refractivity contribution in [3.8, 4) is 0 Å². The van der Waals surface area contributed by atoms with E-state index < -0.39 is 42.2 Å². The SMILES string of the molecule is OCC12OC(O)C1C(F)(F)C(F)(F)C2(F)F. The molecule has 1 saturated carbocycles. The molecule has 0 amide bonds. The minimum atomic E-state index is -5.68. The fourth-order valence-electron chi connectivity index (χ4n) is 2.16. The molecule has 0 spiro atoms. The van der Waals surface area contributed by atoms with E-state index >= 15 is 0 Å². The van der Waals surface area contributed by atoms with E-state index in [4.69, 9.17) is 10.2 Å². The van der Waals surface area contributed by atoms with Gasteiger partial charge in [-0.1, -0.05) is 0 Å². The van der Waals surface area contributed by atoms with Gasteiger partial charge in [0.15, 0.2) is 11.9 Å². The highest BCUT2D eigenvalue weighted by Gasteiger charge is 2.96. The highest BCUT2D eigenvalue weighted by atomic mass is 19.3. The van der Waals surface area contributed by atoms with Crippen LogP contribution in [0, 0.1) is 5.92 Å².